The van der Waals surface area contributed by atoms with Crippen molar-refractivity contribution in [2.24, 2.45) is 10.2 Å². The van der Waals surface area contributed by atoms with Gasteiger partial charge in [-0.3, -0.25) is 14.9 Å². The van der Waals surface area contributed by atoms with Crippen molar-refractivity contribution < 1.29 is 28.8 Å². The van der Waals surface area contributed by atoms with Crippen LogP contribution in [-0.2, 0) is 4.84 Å². The first-order valence-corrected chi connectivity index (χ1v) is 9.41. The molecule has 0 spiro atoms. The highest BCUT2D eigenvalue weighted by Gasteiger charge is 2.13. The molecule has 168 valence electrons. The van der Waals surface area contributed by atoms with Gasteiger partial charge in [-0.05, 0) is 48.5 Å². The van der Waals surface area contributed by atoms with Crippen LogP contribution in [0.5, 0.6) is 11.5 Å². The molecule has 1 N–H and O–H groups in total. The van der Waals surface area contributed by atoms with E-state index in [0.29, 0.717) is 22.9 Å². The van der Waals surface area contributed by atoms with Crippen molar-refractivity contribution in [2.45, 2.75) is 0 Å². The van der Waals surface area contributed by atoms with Gasteiger partial charge in [-0.15, -0.1) is 10.2 Å². The number of rotatable bonds is 8. The monoisotopic (exact) mass is 450 g/mol. The van der Waals surface area contributed by atoms with Crippen LogP contribution < -0.4 is 15.0 Å². The van der Waals surface area contributed by atoms with E-state index in [1.807, 2.05) is 0 Å². The number of azo groups is 1. The van der Waals surface area contributed by atoms with E-state index in [0.717, 1.165) is 6.07 Å². The van der Waals surface area contributed by atoms with Gasteiger partial charge in [0.1, 0.15) is 0 Å². The normalized spacial score (nSPS) is 10.5. The summed E-state index contributed by atoms with van der Waals surface area (Å²) in [5.74, 6) is -0.471. The van der Waals surface area contributed by atoms with Gasteiger partial charge in [0, 0.05) is 17.7 Å². The number of non-ortho nitro benzene ring substituents is 1. The van der Waals surface area contributed by atoms with Crippen molar-refractivity contribution in [3.05, 3.63) is 88.0 Å². The number of hydrogen-bond donors (Lipinski definition) is 1. The molecule has 3 rings (SSSR count). The minimum Gasteiger partial charge on any atom is -0.493 e. The summed E-state index contributed by atoms with van der Waals surface area (Å²) >= 11 is 0. The molecule has 0 heterocycles. The van der Waals surface area contributed by atoms with Crippen molar-refractivity contribution in [2.75, 3.05) is 19.7 Å². The van der Waals surface area contributed by atoms with E-state index in [9.17, 15) is 19.7 Å². The van der Waals surface area contributed by atoms with E-state index < -0.39 is 16.8 Å². The molecule has 1 amide bonds. The third kappa shape index (κ3) is 5.88. The highest BCUT2D eigenvalue weighted by Crippen LogP contribution is 2.28. The maximum Gasteiger partial charge on any atom is 0.363 e. The van der Waals surface area contributed by atoms with Crippen molar-refractivity contribution in [1.82, 2.24) is 0 Å². The maximum atomic E-state index is 12.3. The molecule has 0 bridgehead atoms. The average Bonchev–Trinajstić information content (AvgIpc) is 2.85. The quantitative estimate of drug-likeness (QED) is 0.295. The summed E-state index contributed by atoms with van der Waals surface area (Å²) in [5.41, 5.74) is 3.34. The Morgan fingerprint density at radius 2 is 1.64 bits per heavy atom. The first-order valence-electron chi connectivity index (χ1n) is 9.41. The fourth-order valence-corrected chi connectivity index (χ4v) is 2.64. The molecule has 0 aliphatic rings. The van der Waals surface area contributed by atoms with E-state index >= 15 is 0 Å². The molecule has 0 aromatic heterocycles. The molecule has 11 heteroatoms. The van der Waals surface area contributed by atoms with E-state index in [4.69, 9.17) is 14.3 Å². The Hall–Kier alpha value is -4.80. The fourth-order valence-electron chi connectivity index (χ4n) is 2.64. The number of anilines is 1. The zero-order chi connectivity index (χ0) is 23.8. The number of amides is 1. The predicted molar refractivity (Wildman–Crippen MR) is 117 cm³/mol. The molecule has 3 aromatic carbocycles. The van der Waals surface area contributed by atoms with Gasteiger partial charge >= 0.3 is 5.97 Å². The second-order valence-corrected chi connectivity index (χ2v) is 6.42. The Bertz CT molecular complexity index is 1210. The second-order valence-electron chi connectivity index (χ2n) is 6.42. The number of nitrogens with one attached hydrogen (secondary N) is 1. The lowest BCUT2D eigenvalue weighted by molar-refractivity contribution is -0.384. The SMILES string of the molecule is COc1ccc(C(=O)N=Nc2ccc(NOC(=O)c3cccc([N+](=O)[O-])c3)cc2)cc1OC. The van der Waals surface area contributed by atoms with Gasteiger partial charge in [0.25, 0.3) is 11.6 Å². The van der Waals surface area contributed by atoms with Gasteiger partial charge in [0.2, 0.25) is 0 Å². The van der Waals surface area contributed by atoms with Gasteiger partial charge in [-0.1, -0.05) is 6.07 Å². The first-order chi connectivity index (χ1) is 15.9. The molecular weight excluding hydrogens is 432 g/mol. The summed E-state index contributed by atoms with van der Waals surface area (Å²) < 4.78 is 10.3. The molecule has 0 fully saturated rings. The van der Waals surface area contributed by atoms with E-state index in [-0.39, 0.29) is 16.8 Å². The maximum absolute atomic E-state index is 12.3. The molecule has 3 aromatic rings. The largest absolute Gasteiger partial charge is 0.493 e. The number of hydrogen-bond acceptors (Lipinski definition) is 9. The van der Waals surface area contributed by atoms with Crippen molar-refractivity contribution >= 4 is 28.9 Å². The summed E-state index contributed by atoms with van der Waals surface area (Å²) in [5, 5.41) is 18.4. The van der Waals surface area contributed by atoms with Crippen molar-refractivity contribution in [3.63, 3.8) is 0 Å². The number of carbonyl (C=O) groups excluding carboxylic acids is 2. The third-order valence-electron chi connectivity index (χ3n) is 4.31. The Labute approximate surface area is 187 Å². The molecule has 0 saturated heterocycles. The van der Waals surface area contributed by atoms with Crippen LogP contribution in [0.4, 0.5) is 17.1 Å². The summed E-state index contributed by atoms with van der Waals surface area (Å²) in [7, 11) is 2.95. The number of nitrogens with zero attached hydrogens (tertiary/aromatic N) is 3. The molecule has 0 aliphatic heterocycles. The molecule has 0 aliphatic carbocycles. The van der Waals surface area contributed by atoms with E-state index in [2.05, 4.69) is 15.7 Å². The molecule has 33 heavy (non-hydrogen) atoms. The van der Waals surface area contributed by atoms with Crippen LogP contribution >= 0.6 is 0 Å². The van der Waals surface area contributed by atoms with Crippen molar-refractivity contribution in [1.29, 1.82) is 0 Å². The average molecular weight is 450 g/mol. The van der Waals surface area contributed by atoms with Crippen LogP contribution in [-0.4, -0.2) is 31.0 Å². The smallest absolute Gasteiger partial charge is 0.363 e. The Balaban J connectivity index is 1.59. The Morgan fingerprint density at radius 3 is 2.30 bits per heavy atom. The second kappa shape index (κ2) is 10.5. The molecule has 0 radical (unpaired) electrons. The highest BCUT2D eigenvalue weighted by atomic mass is 16.7. The number of benzene rings is 3. The summed E-state index contributed by atoms with van der Waals surface area (Å²) in [6.07, 6.45) is 0. The van der Waals surface area contributed by atoms with E-state index in [1.54, 1.807) is 36.4 Å². The highest BCUT2D eigenvalue weighted by molar-refractivity contribution is 5.95. The standard InChI is InChI=1S/C22H18N4O7/c1-31-19-11-6-14(13-20(19)32-2)21(27)24-23-16-7-9-17(10-8-16)25-33-22(28)15-4-3-5-18(12-15)26(29)30/h3-13,25H,1-2H3. The lowest BCUT2D eigenvalue weighted by Crippen LogP contribution is -2.10. The zero-order valence-electron chi connectivity index (χ0n) is 17.6. The zero-order valence-corrected chi connectivity index (χ0v) is 17.6. The Kier molecular flexibility index (Phi) is 7.27. The van der Waals surface area contributed by atoms with Crippen LogP contribution in [0.3, 0.4) is 0 Å². The molecule has 0 atom stereocenters. The van der Waals surface area contributed by atoms with Gasteiger partial charge in [-0.25, -0.2) is 10.3 Å². The summed E-state index contributed by atoms with van der Waals surface area (Å²) in [6.45, 7) is 0. The minimum atomic E-state index is -0.789. The number of nitro benzene ring substituents is 1. The van der Waals surface area contributed by atoms with Gasteiger partial charge < -0.3 is 14.3 Å². The topological polar surface area (TPSA) is 142 Å². The van der Waals surface area contributed by atoms with Crippen LogP contribution in [0.25, 0.3) is 0 Å². The lowest BCUT2D eigenvalue weighted by Gasteiger charge is -2.07. The number of carbonyl (C=O) groups is 2. The summed E-state index contributed by atoms with van der Waals surface area (Å²) in [4.78, 5) is 39.5. The van der Waals surface area contributed by atoms with Crippen LogP contribution in [0.2, 0.25) is 0 Å². The lowest BCUT2D eigenvalue weighted by atomic mass is 10.2. The molecule has 0 saturated carbocycles. The van der Waals surface area contributed by atoms with Gasteiger partial charge in [0.05, 0.1) is 36.1 Å². The van der Waals surface area contributed by atoms with Crippen molar-refractivity contribution in [3.8, 4) is 11.5 Å². The molecule has 0 unspecified atom stereocenters. The first kappa shape index (κ1) is 22.9. The molecule has 11 nitrogen and oxygen atoms in total. The minimum absolute atomic E-state index is 0.0239. The third-order valence-corrected chi connectivity index (χ3v) is 4.31. The summed E-state index contributed by atoms with van der Waals surface area (Å²) in [6, 6.07) is 16.0. The number of nitro groups is 1. The number of methoxy groups -OCH3 is 2. The molecular formula is C22H18N4O7. The van der Waals surface area contributed by atoms with Gasteiger partial charge in [-0.2, -0.15) is 0 Å². The number of ether oxygens (including phenoxy) is 2. The van der Waals surface area contributed by atoms with Crippen LogP contribution in [0.1, 0.15) is 20.7 Å². The fraction of sp³-hybridized carbons (Fsp3) is 0.0909. The predicted octanol–water partition coefficient (Wildman–Crippen LogP) is 4.72. The van der Waals surface area contributed by atoms with Crippen LogP contribution in [0, 0.1) is 10.1 Å². The van der Waals surface area contributed by atoms with Crippen LogP contribution in [0.15, 0.2) is 77.0 Å². The van der Waals surface area contributed by atoms with Gasteiger partial charge in [0.15, 0.2) is 11.5 Å². The van der Waals surface area contributed by atoms with E-state index in [1.165, 1.54) is 38.5 Å². The Morgan fingerprint density at radius 1 is 0.909 bits per heavy atom.